The molecule has 4 aromatic heterocycles. The number of nitrogens with zero attached hydrogens (tertiary/aromatic N) is 6. The first-order chi connectivity index (χ1) is 17.8. The largest absolute Gasteiger partial charge is 0.479 e. The molecule has 0 aliphatic rings. The van der Waals surface area contributed by atoms with Gasteiger partial charge >= 0.3 is 0 Å². The first kappa shape index (κ1) is 25.6. The third-order valence-corrected chi connectivity index (χ3v) is 5.90. The average molecular weight is 501 g/mol. The Bertz CT molecular complexity index is 1430. The molecule has 2 N–H and O–H groups in total. The van der Waals surface area contributed by atoms with Crippen LogP contribution in [0, 0.1) is 6.92 Å². The van der Waals surface area contributed by atoms with Gasteiger partial charge in [0.2, 0.25) is 17.7 Å². The topological polar surface area (TPSA) is 99.9 Å². The van der Waals surface area contributed by atoms with Crippen LogP contribution in [0.1, 0.15) is 5.69 Å². The summed E-state index contributed by atoms with van der Waals surface area (Å²) in [4.78, 5) is 30.1. The monoisotopic (exact) mass is 500 g/mol. The van der Waals surface area contributed by atoms with Crippen molar-refractivity contribution in [3.63, 3.8) is 0 Å². The molecule has 0 saturated carbocycles. The van der Waals surface area contributed by atoms with E-state index < -0.39 is 0 Å². The second kappa shape index (κ2) is 11.1. The van der Waals surface area contributed by atoms with Gasteiger partial charge in [0.25, 0.3) is 0 Å². The molecule has 10 nitrogen and oxygen atoms in total. The summed E-state index contributed by atoms with van der Waals surface area (Å²) in [6.45, 7) is 7.13. The Morgan fingerprint density at radius 3 is 2.68 bits per heavy atom. The van der Waals surface area contributed by atoms with Crippen LogP contribution in [0.15, 0.2) is 61.4 Å². The second-order valence-electron chi connectivity index (χ2n) is 8.88. The van der Waals surface area contributed by atoms with Crippen molar-refractivity contribution in [1.29, 1.82) is 0 Å². The van der Waals surface area contributed by atoms with Gasteiger partial charge in [0.15, 0.2) is 5.82 Å². The fourth-order valence-electron chi connectivity index (χ4n) is 3.97. The molecule has 0 saturated heterocycles. The maximum atomic E-state index is 12.2. The molecular formula is C27H32N8O2. The van der Waals surface area contributed by atoms with Gasteiger partial charge in [-0.2, -0.15) is 4.98 Å². The number of rotatable bonds is 10. The first-order valence-corrected chi connectivity index (χ1v) is 11.9. The molecule has 4 rings (SSSR count). The number of aryl methyl sites for hydroxylation is 1. The Balaban J connectivity index is 1.71. The zero-order chi connectivity index (χ0) is 26.5. The zero-order valence-electron chi connectivity index (χ0n) is 21.8. The van der Waals surface area contributed by atoms with Crippen molar-refractivity contribution in [3.05, 3.63) is 67.1 Å². The highest BCUT2D eigenvalue weighted by molar-refractivity contribution is 6.01. The van der Waals surface area contributed by atoms with E-state index in [9.17, 15) is 4.79 Å². The van der Waals surface area contributed by atoms with Crippen LogP contribution in [0.2, 0.25) is 0 Å². The lowest BCUT2D eigenvalue weighted by Gasteiger charge is -2.24. The number of aromatic nitrogens is 4. The number of carbonyl (C=O) groups is 1. The van der Waals surface area contributed by atoms with Gasteiger partial charge in [-0.15, -0.1) is 0 Å². The lowest BCUT2D eigenvalue weighted by atomic mass is 10.2. The van der Waals surface area contributed by atoms with Crippen molar-refractivity contribution in [2.24, 2.45) is 0 Å². The van der Waals surface area contributed by atoms with Crippen molar-refractivity contribution < 1.29 is 9.53 Å². The predicted octanol–water partition coefficient (Wildman–Crippen LogP) is 3.97. The van der Waals surface area contributed by atoms with E-state index in [1.165, 1.54) is 6.08 Å². The molecule has 37 heavy (non-hydrogen) atoms. The maximum absolute atomic E-state index is 12.2. The summed E-state index contributed by atoms with van der Waals surface area (Å²) in [5.74, 6) is 0.960. The Kier molecular flexibility index (Phi) is 7.69. The quantitative estimate of drug-likeness (QED) is 0.316. The van der Waals surface area contributed by atoms with Crippen LogP contribution in [0.25, 0.3) is 16.8 Å². The lowest BCUT2D eigenvalue weighted by Crippen LogP contribution is -2.30. The van der Waals surface area contributed by atoms with E-state index in [2.05, 4.69) is 50.6 Å². The summed E-state index contributed by atoms with van der Waals surface area (Å²) in [6, 6.07) is 11.8. The van der Waals surface area contributed by atoms with Crippen LogP contribution in [0.3, 0.4) is 0 Å². The summed E-state index contributed by atoms with van der Waals surface area (Å²) in [6.07, 6.45) is 4.95. The molecule has 10 heteroatoms. The molecular weight excluding hydrogens is 468 g/mol. The maximum Gasteiger partial charge on any atom is 0.247 e. The van der Waals surface area contributed by atoms with Gasteiger partial charge in [-0.25, -0.2) is 9.97 Å². The summed E-state index contributed by atoms with van der Waals surface area (Å²) >= 11 is 0. The van der Waals surface area contributed by atoms with Crippen LogP contribution in [0.5, 0.6) is 5.88 Å². The van der Waals surface area contributed by atoms with Gasteiger partial charge in [0, 0.05) is 43.8 Å². The van der Waals surface area contributed by atoms with Crippen molar-refractivity contribution >= 4 is 34.6 Å². The fourth-order valence-corrected chi connectivity index (χ4v) is 3.97. The highest BCUT2D eigenvalue weighted by Crippen LogP contribution is 2.35. The molecule has 0 spiro atoms. The average Bonchev–Trinajstić information content (AvgIpc) is 3.24. The molecule has 0 aliphatic heterocycles. The minimum Gasteiger partial charge on any atom is -0.479 e. The number of amides is 1. The van der Waals surface area contributed by atoms with Crippen LogP contribution >= 0.6 is 0 Å². The molecule has 0 aromatic carbocycles. The Hall–Kier alpha value is -4.44. The second-order valence-corrected chi connectivity index (χ2v) is 8.88. The zero-order valence-corrected chi connectivity index (χ0v) is 21.8. The molecule has 0 fully saturated rings. The number of nitrogens with one attached hydrogen (secondary N) is 2. The highest BCUT2D eigenvalue weighted by atomic mass is 16.5. The number of likely N-dealkylation sites (N-methyl/N-ethyl adjacent to an activating group) is 2. The van der Waals surface area contributed by atoms with Crippen molar-refractivity contribution in [2.75, 3.05) is 56.9 Å². The van der Waals surface area contributed by atoms with Crippen molar-refractivity contribution in [2.45, 2.75) is 6.92 Å². The van der Waals surface area contributed by atoms with E-state index in [0.717, 1.165) is 29.0 Å². The van der Waals surface area contributed by atoms with E-state index in [-0.39, 0.29) is 5.91 Å². The molecule has 192 valence electrons. The molecule has 0 aliphatic carbocycles. The van der Waals surface area contributed by atoms with Crippen LogP contribution in [0.4, 0.5) is 23.1 Å². The van der Waals surface area contributed by atoms with Crippen LogP contribution < -0.4 is 20.3 Å². The number of hydrogen-bond acceptors (Lipinski definition) is 8. The summed E-state index contributed by atoms with van der Waals surface area (Å²) in [7, 11) is 7.47. The van der Waals surface area contributed by atoms with Crippen LogP contribution in [-0.2, 0) is 4.79 Å². The Labute approximate surface area is 216 Å². The number of carbonyl (C=O) groups excluding carboxylic acids is 1. The first-order valence-electron chi connectivity index (χ1n) is 11.9. The minimum atomic E-state index is -0.339. The molecule has 0 radical (unpaired) electrons. The number of pyridine rings is 2. The van der Waals surface area contributed by atoms with E-state index in [4.69, 9.17) is 14.7 Å². The highest BCUT2D eigenvalue weighted by Gasteiger charge is 2.18. The van der Waals surface area contributed by atoms with E-state index in [1.807, 2.05) is 50.4 Å². The van der Waals surface area contributed by atoms with Crippen molar-refractivity contribution in [1.82, 2.24) is 24.3 Å². The van der Waals surface area contributed by atoms with Gasteiger partial charge in [-0.1, -0.05) is 12.6 Å². The number of fused-ring (bicyclic) bond motifs is 1. The molecule has 0 unspecified atom stereocenters. The fraction of sp³-hybridized carbons (Fsp3) is 0.259. The predicted molar refractivity (Wildman–Crippen MR) is 148 cm³/mol. The minimum absolute atomic E-state index is 0.339. The molecule has 0 bridgehead atoms. The SMILES string of the molecule is C=CC(=O)Nc1cc(Nc2nccc(-c3cc(C)n4ccccc34)n2)c(OC)nc1N(C)CCN(C)C. The molecule has 0 atom stereocenters. The van der Waals surface area contributed by atoms with E-state index >= 15 is 0 Å². The van der Waals surface area contributed by atoms with Gasteiger partial charge < -0.3 is 29.6 Å². The summed E-state index contributed by atoms with van der Waals surface area (Å²) in [5.41, 5.74) is 4.98. The van der Waals surface area contributed by atoms with Gasteiger partial charge in [-0.05, 0) is 57.4 Å². The summed E-state index contributed by atoms with van der Waals surface area (Å²) in [5, 5.41) is 6.07. The smallest absolute Gasteiger partial charge is 0.247 e. The molecule has 4 heterocycles. The normalized spacial score (nSPS) is 11.0. The van der Waals surface area contributed by atoms with Crippen LogP contribution in [-0.4, -0.2) is 71.5 Å². The van der Waals surface area contributed by atoms with Gasteiger partial charge in [0.05, 0.1) is 24.0 Å². The number of anilines is 4. The summed E-state index contributed by atoms with van der Waals surface area (Å²) < 4.78 is 7.72. The molecule has 4 aromatic rings. The standard InChI is InChI=1S/C27H32N8O2/c1-7-24(36)29-21-17-22(26(37-6)32-25(21)34(5)15-14-33(3)4)31-27-28-12-11-20(30-27)19-16-18(2)35-13-9-8-10-23(19)35/h7-13,16-17H,1,14-15H2,2-6H3,(H,29,36)(H,28,30,31). The third-order valence-electron chi connectivity index (χ3n) is 5.90. The lowest BCUT2D eigenvalue weighted by molar-refractivity contribution is -0.111. The van der Waals surface area contributed by atoms with E-state index in [1.54, 1.807) is 19.4 Å². The number of ether oxygens (including phenoxy) is 1. The van der Waals surface area contributed by atoms with Gasteiger partial charge in [0.1, 0.15) is 5.69 Å². The molecule has 1 amide bonds. The number of methoxy groups -OCH3 is 1. The van der Waals surface area contributed by atoms with E-state index in [0.29, 0.717) is 35.6 Å². The Morgan fingerprint density at radius 1 is 1.14 bits per heavy atom. The third kappa shape index (κ3) is 5.70. The van der Waals surface area contributed by atoms with Crippen molar-refractivity contribution in [3.8, 4) is 17.1 Å². The number of hydrogen-bond donors (Lipinski definition) is 2. The Morgan fingerprint density at radius 2 is 1.95 bits per heavy atom. The van der Waals surface area contributed by atoms with Gasteiger partial charge in [-0.3, -0.25) is 4.79 Å².